The highest BCUT2D eigenvalue weighted by Crippen LogP contribution is 2.50. The Bertz CT molecular complexity index is 2100. The van der Waals surface area contributed by atoms with Gasteiger partial charge in [0.2, 0.25) is 0 Å². The number of phenols is 2. The molecule has 0 saturated heterocycles. The Morgan fingerprint density at radius 2 is 0.939 bits per heavy atom. The summed E-state index contributed by atoms with van der Waals surface area (Å²) in [6.07, 6.45) is 0. The predicted molar refractivity (Wildman–Crippen MR) is 139 cm³/mol. The van der Waals surface area contributed by atoms with Crippen LogP contribution in [0.15, 0.2) is 78.9 Å². The first kappa shape index (κ1) is 17.3. The van der Waals surface area contributed by atoms with Crippen molar-refractivity contribution < 1.29 is 10.2 Å². The fourth-order valence-corrected chi connectivity index (χ4v) is 6.15. The van der Waals surface area contributed by atoms with Crippen molar-refractivity contribution in [2.45, 2.75) is 6.92 Å². The van der Waals surface area contributed by atoms with Gasteiger partial charge < -0.3 is 10.2 Å². The number of aryl methyl sites for hydroxylation is 1. The number of hydrogen-bond donors (Lipinski definition) is 2. The zero-order chi connectivity index (χ0) is 22.0. The molecular weight excluding hydrogens is 404 g/mol. The van der Waals surface area contributed by atoms with Crippen molar-refractivity contribution in [1.82, 2.24) is 0 Å². The van der Waals surface area contributed by atoms with Crippen molar-refractivity contribution in [3.05, 3.63) is 84.4 Å². The minimum absolute atomic E-state index is 0.332. The van der Waals surface area contributed by atoms with E-state index in [4.69, 9.17) is 0 Å². The fraction of sp³-hybridized carbons (Fsp3) is 0.0323. The lowest BCUT2D eigenvalue weighted by Crippen LogP contribution is -1.92. The third-order valence-corrected chi connectivity index (χ3v) is 7.57. The second kappa shape index (κ2) is 5.54. The summed E-state index contributed by atoms with van der Waals surface area (Å²) in [5.74, 6) is 0.668. The Kier molecular flexibility index (Phi) is 2.90. The number of fused-ring (bicyclic) bond motifs is 4. The van der Waals surface area contributed by atoms with Gasteiger partial charge in [-0.2, -0.15) is 0 Å². The van der Waals surface area contributed by atoms with Crippen LogP contribution in [0.2, 0.25) is 0 Å². The molecule has 0 radical (unpaired) electrons. The highest BCUT2D eigenvalue weighted by atomic mass is 16.3. The molecule has 8 aromatic rings. The van der Waals surface area contributed by atoms with Gasteiger partial charge in [0.25, 0.3) is 0 Å². The van der Waals surface area contributed by atoms with E-state index in [1.807, 2.05) is 30.3 Å². The van der Waals surface area contributed by atoms with Crippen molar-refractivity contribution in [3.63, 3.8) is 0 Å². The minimum atomic E-state index is 0.332. The van der Waals surface area contributed by atoms with E-state index in [1.54, 1.807) is 0 Å². The van der Waals surface area contributed by atoms with Gasteiger partial charge in [-0.25, -0.2) is 0 Å². The third-order valence-electron chi connectivity index (χ3n) is 7.57. The average Bonchev–Trinajstić information content (AvgIpc) is 2.84. The molecule has 0 aliphatic heterocycles. The van der Waals surface area contributed by atoms with Crippen molar-refractivity contribution in [2.75, 3.05) is 0 Å². The van der Waals surface area contributed by atoms with Crippen molar-refractivity contribution >= 4 is 75.4 Å². The molecule has 2 N–H and O–H groups in total. The van der Waals surface area contributed by atoms with Gasteiger partial charge >= 0.3 is 0 Å². The zero-order valence-electron chi connectivity index (χ0n) is 17.9. The number of phenolic OH excluding ortho intramolecular Hbond substituents is 2. The second-order valence-electron chi connectivity index (χ2n) is 9.31. The number of aromatic hydroxyl groups is 2. The predicted octanol–water partition coefficient (Wildman–Crippen LogP) is 8.35. The Morgan fingerprint density at radius 3 is 1.58 bits per heavy atom. The zero-order valence-corrected chi connectivity index (χ0v) is 17.9. The Balaban J connectivity index is 1.77. The van der Waals surface area contributed by atoms with Crippen LogP contribution >= 0.6 is 0 Å². The molecule has 0 fully saturated rings. The standard InChI is InChI=1S/C31H18O2/c1-15-6-9-20-23(12-15)25-14-17-8-10-21-28-24(18-4-2-3-5-19(18)30(21)32)13-16-7-11-22(31(20)33)29(25)27(16)26(17)28/h2-14,32-33H,1H3. The molecule has 0 aliphatic carbocycles. The van der Waals surface area contributed by atoms with E-state index in [0.29, 0.717) is 11.5 Å². The third kappa shape index (κ3) is 1.92. The normalized spacial score (nSPS) is 12.6. The molecule has 2 heteroatoms. The topological polar surface area (TPSA) is 40.5 Å². The Labute approximate surface area is 188 Å². The lowest BCUT2D eigenvalue weighted by molar-refractivity contribution is 0.487. The van der Waals surface area contributed by atoms with E-state index in [9.17, 15) is 10.2 Å². The van der Waals surface area contributed by atoms with Crippen LogP contribution in [0.3, 0.4) is 0 Å². The summed E-state index contributed by atoms with van der Waals surface area (Å²) >= 11 is 0. The maximum atomic E-state index is 11.3. The first-order chi connectivity index (χ1) is 16.1. The molecule has 0 saturated carbocycles. The molecule has 8 rings (SSSR count). The summed E-state index contributed by atoms with van der Waals surface area (Å²) in [5.41, 5.74) is 1.17. The van der Waals surface area contributed by atoms with E-state index in [-0.39, 0.29) is 0 Å². The number of benzene rings is 8. The van der Waals surface area contributed by atoms with Gasteiger partial charge in [-0.1, -0.05) is 60.2 Å². The molecule has 0 heterocycles. The molecule has 2 nitrogen and oxygen atoms in total. The van der Waals surface area contributed by atoms with Gasteiger partial charge in [0.05, 0.1) is 0 Å². The summed E-state index contributed by atoms with van der Waals surface area (Å²) in [5, 5.41) is 37.2. The van der Waals surface area contributed by atoms with Crippen molar-refractivity contribution in [2.24, 2.45) is 0 Å². The molecule has 0 atom stereocenters. The van der Waals surface area contributed by atoms with Gasteiger partial charge in [0.15, 0.2) is 0 Å². The molecule has 0 spiro atoms. The lowest BCUT2D eigenvalue weighted by atomic mass is 9.83. The van der Waals surface area contributed by atoms with Gasteiger partial charge in [-0.3, -0.25) is 0 Å². The monoisotopic (exact) mass is 422 g/mol. The molecule has 0 unspecified atom stereocenters. The molecule has 0 bridgehead atoms. The van der Waals surface area contributed by atoms with Crippen LogP contribution in [0.25, 0.3) is 75.4 Å². The van der Waals surface area contributed by atoms with Crippen LogP contribution in [0.4, 0.5) is 0 Å². The molecular formula is C31H18O2. The molecule has 0 aliphatic rings. The van der Waals surface area contributed by atoms with Gasteiger partial charge in [0.1, 0.15) is 11.5 Å². The largest absolute Gasteiger partial charge is 0.507 e. The minimum Gasteiger partial charge on any atom is -0.507 e. The SMILES string of the molecule is Cc1ccc2c(O)c3ccc4cc5c6ccccc6c(O)c6ccc7cc(c2c1)c3c4c7c65. The van der Waals surface area contributed by atoms with Crippen molar-refractivity contribution in [1.29, 1.82) is 0 Å². The maximum absolute atomic E-state index is 11.3. The van der Waals surface area contributed by atoms with E-state index in [1.165, 1.54) is 5.56 Å². The smallest absolute Gasteiger partial charge is 0.131 e. The molecule has 8 aromatic carbocycles. The van der Waals surface area contributed by atoms with Gasteiger partial charge in [-0.15, -0.1) is 0 Å². The Hall–Kier alpha value is -4.30. The fourth-order valence-electron chi connectivity index (χ4n) is 6.15. The first-order valence-corrected chi connectivity index (χ1v) is 11.2. The van der Waals surface area contributed by atoms with Crippen LogP contribution in [0, 0.1) is 6.92 Å². The van der Waals surface area contributed by atoms with Crippen LogP contribution in [0.5, 0.6) is 11.5 Å². The van der Waals surface area contributed by atoms with Crippen LogP contribution < -0.4 is 0 Å². The van der Waals surface area contributed by atoms with E-state index in [0.717, 1.165) is 75.4 Å². The average molecular weight is 422 g/mol. The van der Waals surface area contributed by atoms with Gasteiger partial charge in [0, 0.05) is 32.3 Å². The summed E-state index contributed by atoms with van der Waals surface area (Å²) in [4.78, 5) is 0. The second-order valence-corrected chi connectivity index (χ2v) is 9.31. The van der Waals surface area contributed by atoms with Gasteiger partial charge in [-0.05, 0) is 74.3 Å². The Morgan fingerprint density at radius 1 is 0.424 bits per heavy atom. The summed E-state index contributed by atoms with van der Waals surface area (Å²) in [7, 11) is 0. The molecule has 0 amide bonds. The van der Waals surface area contributed by atoms with E-state index in [2.05, 4.69) is 55.5 Å². The first-order valence-electron chi connectivity index (χ1n) is 11.2. The van der Waals surface area contributed by atoms with Crippen LogP contribution in [-0.2, 0) is 0 Å². The number of rotatable bonds is 0. The highest BCUT2D eigenvalue weighted by Gasteiger charge is 2.21. The summed E-state index contributed by atoms with van der Waals surface area (Å²) < 4.78 is 0. The summed E-state index contributed by atoms with van der Waals surface area (Å²) in [6, 6.07) is 27.2. The quantitative estimate of drug-likeness (QED) is 0.190. The van der Waals surface area contributed by atoms with E-state index < -0.39 is 0 Å². The highest BCUT2D eigenvalue weighted by molar-refractivity contribution is 6.42. The lowest BCUT2D eigenvalue weighted by Gasteiger charge is -2.20. The summed E-state index contributed by atoms with van der Waals surface area (Å²) in [6.45, 7) is 2.09. The molecule has 0 aromatic heterocycles. The van der Waals surface area contributed by atoms with E-state index >= 15 is 0 Å². The van der Waals surface area contributed by atoms with Crippen molar-refractivity contribution in [3.8, 4) is 11.5 Å². The number of hydrogen-bond acceptors (Lipinski definition) is 2. The maximum Gasteiger partial charge on any atom is 0.131 e. The molecule has 33 heavy (non-hydrogen) atoms. The van der Waals surface area contributed by atoms with Crippen LogP contribution in [0.1, 0.15) is 5.56 Å². The molecule has 154 valence electrons. The van der Waals surface area contributed by atoms with Crippen LogP contribution in [-0.4, -0.2) is 10.2 Å².